The van der Waals surface area contributed by atoms with Crippen LogP contribution in [0.5, 0.6) is 0 Å². The lowest BCUT2D eigenvalue weighted by Crippen LogP contribution is -2.19. The maximum atomic E-state index is 11.9. The summed E-state index contributed by atoms with van der Waals surface area (Å²) in [5, 5.41) is 8.02. The van der Waals surface area contributed by atoms with Crippen LogP contribution in [0.1, 0.15) is 38.3 Å². The Bertz CT molecular complexity index is 669. The van der Waals surface area contributed by atoms with Gasteiger partial charge in [-0.2, -0.15) is 0 Å². The van der Waals surface area contributed by atoms with Gasteiger partial charge < -0.3 is 14.4 Å². The highest BCUT2D eigenvalue weighted by atomic mass is 16.6. The van der Waals surface area contributed by atoms with Gasteiger partial charge in [-0.05, 0) is 19.3 Å². The first kappa shape index (κ1) is 18.0. The number of carbonyl (C=O) groups is 1. The third-order valence-electron chi connectivity index (χ3n) is 4.74. The number of carbonyl (C=O) groups excluding carboxylic acids is 1. The van der Waals surface area contributed by atoms with Crippen LogP contribution in [-0.4, -0.2) is 31.6 Å². The molecule has 0 bridgehead atoms. The van der Waals surface area contributed by atoms with Gasteiger partial charge in [0.25, 0.3) is 0 Å². The molecule has 0 heterocycles. The van der Waals surface area contributed by atoms with Crippen LogP contribution < -0.4 is 0 Å². The van der Waals surface area contributed by atoms with Gasteiger partial charge in [-0.3, -0.25) is 0 Å². The monoisotopic (exact) mass is 332 g/mol. The van der Waals surface area contributed by atoms with E-state index in [9.17, 15) is 4.79 Å². The molecule has 2 unspecified atom stereocenters. The smallest absolute Gasteiger partial charge is 0.360 e. The van der Waals surface area contributed by atoms with Crippen LogP contribution in [0.25, 0.3) is 0 Å². The van der Waals surface area contributed by atoms with Gasteiger partial charge in [-0.25, -0.2) is 4.79 Å². The van der Waals surface area contributed by atoms with Crippen molar-refractivity contribution in [2.45, 2.75) is 33.8 Å². The van der Waals surface area contributed by atoms with E-state index in [2.05, 4.69) is 24.2 Å². The predicted molar refractivity (Wildman–Crippen MR) is 91.8 cm³/mol. The molecule has 1 aromatic carbocycles. The van der Waals surface area contributed by atoms with Gasteiger partial charge in [0.1, 0.15) is 13.7 Å². The first-order valence-electron chi connectivity index (χ1n) is 7.88. The fourth-order valence-electron chi connectivity index (χ4n) is 2.65. The maximum Gasteiger partial charge on any atom is 0.360 e. The van der Waals surface area contributed by atoms with Crippen molar-refractivity contribution >= 4 is 17.4 Å². The molecule has 6 nitrogen and oxygen atoms in total. The SMILES string of the molecule is CO/N=C(\C(=O)OC)c1ccccc1CO/N=C(/C)C1(C)CC1C. The molecule has 1 aromatic rings. The number of methoxy groups -OCH3 is 1. The van der Waals surface area contributed by atoms with E-state index in [0.29, 0.717) is 11.5 Å². The molecule has 0 amide bonds. The second-order valence-electron chi connectivity index (χ2n) is 6.24. The van der Waals surface area contributed by atoms with Crippen LogP contribution in [0.3, 0.4) is 0 Å². The molecule has 24 heavy (non-hydrogen) atoms. The first-order chi connectivity index (χ1) is 11.4. The van der Waals surface area contributed by atoms with Crippen molar-refractivity contribution in [2.24, 2.45) is 21.6 Å². The summed E-state index contributed by atoms with van der Waals surface area (Å²) in [5.41, 5.74) is 2.62. The van der Waals surface area contributed by atoms with Gasteiger partial charge in [-0.15, -0.1) is 0 Å². The Hall–Kier alpha value is -2.37. The maximum absolute atomic E-state index is 11.9. The van der Waals surface area contributed by atoms with Crippen molar-refractivity contribution in [3.63, 3.8) is 0 Å². The first-order valence-corrected chi connectivity index (χ1v) is 7.88. The zero-order valence-corrected chi connectivity index (χ0v) is 14.8. The van der Waals surface area contributed by atoms with Gasteiger partial charge in [0.05, 0.1) is 12.8 Å². The van der Waals surface area contributed by atoms with Crippen LogP contribution in [-0.2, 0) is 25.8 Å². The van der Waals surface area contributed by atoms with E-state index >= 15 is 0 Å². The highest BCUT2D eigenvalue weighted by Gasteiger charge is 2.49. The lowest BCUT2D eigenvalue weighted by atomic mass is 10.0. The van der Waals surface area contributed by atoms with Crippen LogP contribution >= 0.6 is 0 Å². The third-order valence-corrected chi connectivity index (χ3v) is 4.74. The summed E-state index contributed by atoms with van der Waals surface area (Å²) in [4.78, 5) is 22.2. The number of benzene rings is 1. The van der Waals surface area contributed by atoms with Crippen molar-refractivity contribution in [1.29, 1.82) is 0 Å². The van der Waals surface area contributed by atoms with Crippen LogP contribution in [0.2, 0.25) is 0 Å². The number of ether oxygens (including phenoxy) is 1. The Morgan fingerprint density at radius 2 is 1.96 bits per heavy atom. The number of rotatable bonds is 7. The molecular formula is C18H24N2O4. The summed E-state index contributed by atoms with van der Waals surface area (Å²) in [6.07, 6.45) is 1.13. The predicted octanol–water partition coefficient (Wildman–Crippen LogP) is 3.15. The molecule has 0 saturated heterocycles. The number of esters is 1. The minimum absolute atomic E-state index is 0.0997. The second kappa shape index (κ2) is 7.47. The van der Waals surface area contributed by atoms with Crippen molar-refractivity contribution < 1.29 is 19.2 Å². The molecule has 2 atom stereocenters. The molecule has 0 N–H and O–H groups in total. The van der Waals surface area contributed by atoms with Crippen LogP contribution in [0.4, 0.5) is 0 Å². The molecular weight excluding hydrogens is 308 g/mol. The standard InChI is InChI=1S/C18H24N2O4/c1-12-10-18(12,3)13(2)19-24-11-14-8-6-7-9-15(14)16(20-23-5)17(21)22-4/h6-9,12H,10-11H2,1-5H3/b19-13-,20-16-. The summed E-state index contributed by atoms with van der Waals surface area (Å²) in [6, 6.07) is 7.31. The number of nitrogens with zero attached hydrogens (tertiary/aromatic N) is 2. The summed E-state index contributed by atoms with van der Waals surface area (Å²) >= 11 is 0. The lowest BCUT2D eigenvalue weighted by molar-refractivity contribution is -0.132. The Morgan fingerprint density at radius 1 is 1.29 bits per heavy atom. The van der Waals surface area contributed by atoms with Crippen molar-refractivity contribution in [3.8, 4) is 0 Å². The quantitative estimate of drug-likeness (QED) is 0.437. The van der Waals surface area contributed by atoms with Gasteiger partial charge in [0.2, 0.25) is 0 Å². The average Bonchev–Trinajstić information content (AvgIpc) is 3.21. The summed E-state index contributed by atoms with van der Waals surface area (Å²) < 4.78 is 4.76. The molecule has 1 saturated carbocycles. The molecule has 0 radical (unpaired) electrons. The second-order valence-corrected chi connectivity index (χ2v) is 6.24. The van der Waals surface area contributed by atoms with E-state index in [0.717, 1.165) is 17.7 Å². The summed E-state index contributed by atoms with van der Waals surface area (Å²) in [5.74, 6) is 0.0696. The summed E-state index contributed by atoms with van der Waals surface area (Å²) in [7, 11) is 2.69. The highest BCUT2D eigenvalue weighted by Crippen LogP contribution is 2.52. The minimum atomic E-state index is -0.566. The molecule has 1 aliphatic rings. The third kappa shape index (κ3) is 3.75. The average molecular weight is 332 g/mol. The normalized spacial score (nSPS) is 23.6. The van der Waals surface area contributed by atoms with E-state index in [-0.39, 0.29) is 17.7 Å². The van der Waals surface area contributed by atoms with Gasteiger partial charge in [0.15, 0.2) is 5.71 Å². The van der Waals surface area contributed by atoms with E-state index < -0.39 is 5.97 Å². The minimum Gasteiger partial charge on any atom is -0.464 e. The van der Waals surface area contributed by atoms with Crippen LogP contribution in [0, 0.1) is 11.3 Å². The van der Waals surface area contributed by atoms with E-state index in [4.69, 9.17) is 14.4 Å². The van der Waals surface area contributed by atoms with Gasteiger partial charge >= 0.3 is 5.97 Å². The zero-order valence-electron chi connectivity index (χ0n) is 14.8. The molecule has 2 rings (SSSR count). The Kier molecular flexibility index (Phi) is 5.59. The number of oxime groups is 2. The molecule has 1 fully saturated rings. The largest absolute Gasteiger partial charge is 0.464 e. The van der Waals surface area contributed by atoms with Gasteiger partial charge in [-0.1, -0.05) is 48.4 Å². The topological polar surface area (TPSA) is 69.5 Å². The Labute approximate surface area is 142 Å². The fourth-order valence-corrected chi connectivity index (χ4v) is 2.65. The van der Waals surface area contributed by atoms with Crippen molar-refractivity contribution in [1.82, 2.24) is 0 Å². The fraction of sp³-hybridized carbons (Fsp3) is 0.500. The van der Waals surface area contributed by atoms with Crippen LogP contribution in [0.15, 0.2) is 34.6 Å². The molecule has 130 valence electrons. The molecule has 0 aromatic heterocycles. The highest BCUT2D eigenvalue weighted by molar-refractivity contribution is 6.43. The number of hydrogen-bond acceptors (Lipinski definition) is 6. The van der Waals surface area contributed by atoms with Gasteiger partial charge in [0, 0.05) is 16.5 Å². The van der Waals surface area contributed by atoms with E-state index in [1.54, 1.807) is 6.07 Å². The molecule has 1 aliphatic carbocycles. The Morgan fingerprint density at radius 3 is 2.54 bits per heavy atom. The number of hydrogen-bond donors (Lipinski definition) is 0. The van der Waals surface area contributed by atoms with E-state index in [1.165, 1.54) is 14.2 Å². The zero-order chi connectivity index (χ0) is 17.7. The lowest BCUT2D eigenvalue weighted by Gasteiger charge is -2.11. The van der Waals surface area contributed by atoms with E-state index in [1.807, 2.05) is 25.1 Å². The molecule has 0 aliphatic heterocycles. The van der Waals surface area contributed by atoms with Crippen molar-refractivity contribution in [2.75, 3.05) is 14.2 Å². The Balaban J connectivity index is 2.16. The summed E-state index contributed by atoms with van der Waals surface area (Å²) in [6.45, 7) is 6.62. The van der Waals surface area contributed by atoms with Crippen molar-refractivity contribution in [3.05, 3.63) is 35.4 Å². The molecule has 6 heteroatoms. The molecule has 0 spiro atoms.